The van der Waals surface area contributed by atoms with Gasteiger partial charge in [0, 0.05) is 17.3 Å². The number of aliphatic imine (C=N–C) groups is 1. The van der Waals surface area contributed by atoms with Crippen molar-refractivity contribution in [3.05, 3.63) is 30.1 Å². The zero-order valence-corrected chi connectivity index (χ0v) is 9.46. The van der Waals surface area contributed by atoms with Crippen LogP contribution in [0.25, 0.3) is 0 Å². The summed E-state index contributed by atoms with van der Waals surface area (Å²) in [5.74, 6) is 0. The molecule has 1 fully saturated rings. The zero-order valence-electron chi connectivity index (χ0n) is 8.65. The third kappa shape index (κ3) is 2.14. The molecule has 3 heteroatoms. The van der Waals surface area contributed by atoms with E-state index in [-0.39, 0.29) is 5.41 Å². The number of pyridine rings is 1. The summed E-state index contributed by atoms with van der Waals surface area (Å²) in [6.07, 6.45) is 6.73. The summed E-state index contributed by atoms with van der Waals surface area (Å²) >= 11 is 4.65. The number of rotatable bonds is 3. The van der Waals surface area contributed by atoms with Crippen LogP contribution in [0, 0.1) is 0 Å². The quantitative estimate of drug-likeness (QED) is 0.575. The molecule has 1 aromatic rings. The maximum Gasteiger partial charge on any atom is 0.0604 e. The topological polar surface area (TPSA) is 25.2 Å². The van der Waals surface area contributed by atoms with E-state index in [0.717, 1.165) is 12.2 Å². The van der Waals surface area contributed by atoms with Crippen molar-refractivity contribution in [2.24, 2.45) is 4.99 Å². The number of isothiocyanates is 1. The highest BCUT2D eigenvalue weighted by Gasteiger charge is 2.36. The van der Waals surface area contributed by atoms with Gasteiger partial charge in [0.05, 0.1) is 11.7 Å². The lowest BCUT2D eigenvalue weighted by Gasteiger charge is -2.25. The Hall–Kier alpha value is -1.05. The van der Waals surface area contributed by atoms with E-state index >= 15 is 0 Å². The van der Waals surface area contributed by atoms with E-state index in [2.05, 4.69) is 33.4 Å². The second-order valence-electron chi connectivity index (χ2n) is 4.11. The molecule has 1 aliphatic carbocycles. The summed E-state index contributed by atoms with van der Waals surface area (Å²) in [4.78, 5) is 8.59. The molecule has 0 spiro atoms. The van der Waals surface area contributed by atoms with Crippen molar-refractivity contribution < 1.29 is 0 Å². The van der Waals surface area contributed by atoms with Gasteiger partial charge in [-0.2, -0.15) is 0 Å². The first-order valence-corrected chi connectivity index (χ1v) is 5.73. The zero-order chi connectivity index (χ0) is 10.6. The molecule has 0 N–H and O–H groups in total. The SMILES string of the molecule is S=C=NCC1(c2ccccn2)CCCC1. The Morgan fingerprint density at radius 3 is 2.80 bits per heavy atom. The first-order valence-electron chi connectivity index (χ1n) is 5.33. The Labute approximate surface area is 95.5 Å². The fourth-order valence-corrected chi connectivity index (χ4v) is 2.47. The summed E-state index contributed by atoms with van der Waals surface area (Å²) in [7, 11) is 0. The fraction of sp³-hybridized carbons (Fsp3) is 0.500. The third-order valence-electron chi connectivity index (χ3n) is 3.22. The van der Waals surface area contributed by atoms with Crippen molar-refractivity contribution in [3.8, 4) is 0 Å². The van der Waals surface area contributed by atoms with Crippen molar-refractivity contribution in [3.63, 3.8) is 0 Å². The number of aromatic nitrogens is 1. The molecule has 15 heavy (non-hydrogen) atoms. The molecule has 78 valence electrons. The van der Waals surface area contributed by atoms with Gasteiger partial charge in [-0.25, -0.2) is 4.99 Å². The van der Waals surface area contributed by atoms with Crippen molar-refractivity contribution >= 4 is 17.4 Å². The van der Waals surface area contributed by atoms with Gasteiger partial charge in [-0.15, -0.1) is 0 Å². The average Bonchev–Trinajstić information content (AvgIpc) is 2.78. The first kappa shape index (κ1) is 10.5. The largest absolute Gasteiger partial charge is 0.261 e. The van der Waals surface area contributed by atoms with Crippen LogP contribution in [0.1, 0.15) is 31.4 Å². The standard InChI is InChI=1S/C12H14N2S/c15-10-13-9-12(6-2-3-7-12)11-5-1-4-8-14-11/h1,4-5,8H,2-3,6-7,9H2. The highest BCUT2D eigenvalue weighted by atomic mass is 32.1. The summed E-state index contributed by atoms with van der Waals surface area (Å²) in [6.45, 7) is 0.744. The molecule has 2 nitrogen and oxygen atoms in total. The van der Waals surface area contributed by atoms with E-state index in [1.54, 1.807) is 0 Å². The highest BCUT2D eigenvalue weighted by Crippen LogP contribution is 2.40. The normalized spacial score (nSPS) is 18.4. The lowest BCUT2D eigenvalue weighted by Crippen LogP contribution is -2.27. The Balaban J connectivity index is 2.30. The molecule has 0 radical (unpaired) electrons. The maximum atomic E-state index is 4.65. The summed E-state index contributed by atoms with van der Waals surface area (Å²) in [5.41, 5.74) is 1.30. The molecule has 0 aliphatic heterocycles. The van der Waals surface area contributed by atoms with Crippen LogP contribution < -0.4 is 0 Å². The van der Waals surface area contributed by atoms with E-state index in [0.29, 0.717) is 0 Å². The van der Waals surface area contributed by atoms with Crippen LogP contribution in [0.4, 0.5) is 0 Å². The van der Waals surface area contributed by atoms with Crippen molar-refractivity contribution in [2.45, 2.75) is 31.1 Å². The monoisotopic (exact) mass is 218 g/mol. The third-order valence-corrected chi connectivity index (χ3v) is 3.34. The first-order chi connectivity index (χ1) is 7.37. The van der Waals surface area contributed by atoms with Crippen molar-refractivity contribution in [1.29, 1.82) is 0 Å². The molecule has 0 amide bonds. The minimum atomic E-state index is 0.132. The van der Waals surface area contributed by atoms with Crippen LogP contribution in [0.5, 0.6) is 0 Å². The molecule has 1 aliphatic rings. The summed E-state index contributed by atoms with van der Waals surface area (Å²) in [6, 6.07) is 6.10. The lowest BCUT2D eigenvalue weighted by molar-refractivity contribution is 0.442. The van der Waals surface area contributed by atoms with Gasteiger partial charge in [-0.1, -0.05) is 18.9 Å². The molecule has 0 atom stereocenters. The van der Waals surface area contributed by atoms with Crippen LogP contribution in [0.15, 0.2) is 29.4 Å². The molecular formula is C12H14N2S. The Morgan fingerprint density at radius 1 is 1.40 bits per heavy atom. The fourth-order valence-electron chi connectivity index (χ4n) is 2.41. The van der Waals surface area contributed by atoms with E-state index in [1.807, 2.05) is 18.3 Å². The van der Waals surface area contributed by atoms with Gasteiger partial charge < -0.3 is 0 Å². The molecule has 1 saturated carbocycles. The molecular weight excluding hydrogens is 204 g/mol. The number of thiocarbonyl (C=S) groups is 1. The average molecular weight is 218 g/mol. The number of hydrogen-bond acceptors (Lipinski definition) is 3. The Kier molecular flexibility index (Phi) is 3.24. The van der Waals surface area contributed by atoms with Crippen LogP contribution >= 0.6 is 12.2 Å². The van der Waals surface area contributed by atoms with Gasteiger partial charge in [0.1, 0.15) is 0 Å². The second kappa shape index (κ2) is 4.65. The predicted octanol–water partition coefficient (Wildman–Crippen LogP) is 3.00. The van der Waals surface area contributed by atoms with E-state index in [1.165, 1.54) is 25.7 Å². The molecule has 0 bridgehead atoms. The van der Waals surface area contributed by atoms with Crippen LogP contribution in [0.3, 0.4) is 0 Å². The van der Waals surface area contributed by atoms with E-state index in [4.69, 9.17) is 0 Å². The van der Waals surface area contributed by atoms with Crippen molar-refractivity contribution in [2.75, 3.05) is 6.54 Å². The van der Waals surface area contributed by atoms with Crippen LogP contribution in [0.2, 0.25) is 0 Å². The maximum absolute atomic E-state index is 4.65. The van der Waals surface area contributed by atoms with Crippen LogP contribution in [-0.2, 0) is 5.41 Å². The predicted molar refractivity (Wildman–Crippen MR) is 64.3 cm³/mol. The highest BCUT2D eigenvalue weighted by molar-refractivity contribution is 7.78. The summed E-state index contributed by atoms with van der Waals surface area (Å²) < 4.78 is 0. The smallest absolute Gasteiger partial charge is 0.0604 e. The lowest BCUT2D eigenvalue weighted by atomic mass is 9.82. The Morgan fingerprint density at radius 2 is 2.20 bits per heavy atom. The minimum Gasteiger partial charge on any atom is -0.261 e. The molecule has 0 saturated heterocycles. The van der Waals surface area contributed by atoms with Crippen molar-refractivity contribution in [1.82, 2.24) is 4.98 Å². The molecule has 0 unspecified atom stereocenters. The number of nitrogens with zero attached hydrogens (tertiary/aromatic N) is 2. The Bertz CT molecular complexity index is 362. The van der Waals surface area contributed by atoms with E-state index in [9.17, 15) is 0 Å². The van der Waals surface area contributed by atoms with Gasteiger partial charge >= 0.3 is 0 Å². The van der Waals surface area contributed by atoms with Gasteiger partial charge in [-0.05, 0) is 37.2 Å². The number of hydrogen-bond donors (Lipinski definition) is 0. The molecule has 2 rings (SSSR count). The van der Waals surface area contributed by atoms with Gasteiger partial charge in [0.15, 0.2) is 0 Å². The molecule has 0 aromatic carbocycles. The van der Waals surface area contributed by atoms with Gasteiger partial charge in [-0.3, -0.25) is 4.98 Å². The van der Waals surface area contributed by atoms with E-state index < -0.39 is 0 Å². The molecule has 1 aromatic heterocycles. The minimum absolute atomic E-state index is 0.132. The van der Waals surface area contributed by atoms with Gasteiger partial charge in [0.2, 0.25) is 0 Å². The summed E-state index contributed by atoms with van der Waals surface area (Å²) in [5, 5.41) is 2.47. The van der Waals surface area contributed by atoms with Gasteiger partial charge in [0.25, 0.3) is 0 Å². The van der Waals surface area contributed by atoms with Crippen LogP contribution in [-0.4, -0.2) is 16.7 Å². The molecule has 1 heterocycles. The second-order valence-corrected chi connectivity index (χ2v) is 4.29.